The first-order valence-electron chi connectivity index (χ1n) is 4.38. The summed E-state index contributed by atoms with van der Waals surface area (Å²) in [6.07, 6.45) is 2.83. The van der Waals surface area contributed by atoms with Crippen LogP contribution in [0.3, 0.4) is 0 Å². The van der Waals surface area contributed by atoms with E-state index in [1.54, 1.807) is 11.3 Å². The highest BCUT2D eigenvalue weighted by molar-refractivity contribution is 7.10. The molecule has 0 unspecified atom stereocenters. The predicted octanol–water partition coefficient (Wildman–Crippen LogP) is 1.36. The fraction of sp³-hybridized carbons (Fsp3) is 0.556. The predicted molar refractivity (Wildman–Crippen MR) is 51.6 cm³/mol. The topological polar surface area (TPSA) is 56.0 Å². The molecule has 4 heteroatoms. The number of primary amides is 1. The average molecular weight is 196 g/mol. The molecule has 0 bridgehead atoms. The summed E-state index contributed by atoms with van der Waals surface area (Å²) in [5, 5.41) is 2.88. The van der Waals surface area contributed by atoms with E-state index in [4.69, 9.17) is 5.73 Å². The van der Waals surface area contributed by atoms with Crippen molar-refractivity contribution in [3.8, 4) is 0 Å². The van der Waals surface area contributed by atoms with Crippen molar-refractivity contribution in [2.24, 2.45) is 5.73 Å². The van der Waals surface area contributed by atoms with Crippen LogP contribution in [0.15, 0.2) is 5.38 Å². The maximum absolute atomic E-state index is 11.3. The molecule has 0 aliphatic heterocycles. The molecule has 1 fully saturated rings. The van der Waals surface area contributed by atoms with E-state index in [0.717, 1.165) is 30.0 Å². The van der Waals surface area contributed by atoms with E-state index in [1.165, 1.54) is 0 Å². The quantitative estimate of drug-likeness (QED) is 0.776. The first-order chi connectivity index (χ1) is 6.15. The normalized spacial score (nSPS) is 19.5. The molecule has 1 aromatic rings. The van der Waals surface area contributed by atoms with Crippen LogP contribution in [-0.2, 0) is 10.2 Å². The second-order valence-electron chi connectivity index (χ2n) is 3.59. The van der Waals surface area contributed by atoms with Gasteiger partial charge >= 0.3 is 0 Å². The van der Waals surface area contributed by atoms with Gasteiger partial charge in [-0.15, -0.1) is 11.3 Å². The van der Waals surface area contributed by atoms with Crippen molar-refractivity contribution in [2.75, 3.05) is 0 Å². The summed E-state index contributed by atoms with van der Waals surface area (Å²) in [5.74, 6) is -0.215. The number of nitrogens with two attached hydrogens (primary N) is 1. The van der Waals surface area contributed by atoms with Gasteiger partial charge in [-0.3, -0.25) is 4.79 Å². The lowest BCUT2D eigenvalue weighted by atomic mass is 9.68. The molecule has 1 amide bonds. The number of aromatic nitrogens is 1. The van der Waals surface area contributed by atoms with E-state index in [0.29, 0.717) is 0 Å². The largest absolute Gasteiger partial charge is 0.369 e. The Labute approximate surface area is 81.0 Å². The zero-order valence-corrected chi connectivity index (χ0v) is 8.36. The van der Waals surface area contributed by atoms with Gasteiger partial charge in [0.2, 0.25) is 5.91 Å². The van der Waals surface area contributed by atoms with E-state index < -0.39 is 5.41 Å². The molecule has 13 heavy (non-hydrogen) atoms. The Morgan fingerprint density at radius 2 is 2.38 bits per heavy atom. The Morgan fingerprint density at radius 3 is 2.69 bits per heavy atom. The lowest BCUT2D eigenvalue weighted by molar-refractivity contribution is -0.126. The monoisotopic (exact) mass is 196 g/mol. The number of aryl methyl sites for hydroxylation is 1. The van der Waals surface area contributed by atoms with Gasteiger partial charge in [0.1, 0.15) is 10.4 Å². The smallest absolute Gasteiger partial charge is 0.230 e. The maximum atomic E-state index is 11.3. The van der Waals surface area contributed by atoms with Crippen LogP contribution in [0.1, 0.15) is 30.0 Å². The van der Waals surface area contributed by atoms with Crippen LogP contribution in [0.2, 0.25) is 0 Å². The Bertz CT molecular complexity index is 341. The van der Waals surface area contributed by atoms with Crippen molar-refractivity contribution in [3.05, 3.63) is 16.1 Å². The van der Waals surface area contributed by atoms with Gasteiger partial charge in [0.25, 0.3) is 0 Å². The van der Waals surface area contributed by atoms with Crippen LogP contribution >= 0.6 is 11.3 Å². The van der Waals surface area contributed by atoms with Crippen molar-refractivity contribution in [2.45, 2.75) is 31.6 Å². The van der Waals surface area contributed by atoms with E-state index in [9.17, 15) is 4.79 Å². The summed E-state index contributed by atoms with van der Waals surface area (Å²) in [4.78, 5) is 15.6. The van der Waals surface area contributed by atoms with Crippen molar-refractivity contribution in [1.82, 2.24) is 4.98 Å². The molecule has 3 nitrogen and oxygen atoms in total. The first-order valence-corrected chi connectivity index (χ1v) is 5.26. The number of rotatable bonds is 2. The van der Waals surface area contributed by atoms with Gasteiger partial charge in [-0.25, -0.2) is 4.98 Å². The van der Waals surface area contributed by atoms with Crippen molar-refractivity contribution in [1.29, 1.82) is 0 Å². The third kappa shape index (κ3) is 1.16. The standard InChI is InChI=1S/C9H12N2OS/c1-6-5-13-8(11-6)9(7(10)12)3-2-4-9/h5H,2-4H2,1H3,(H2,10,12). The summed E-state index contributed by atoms with van der Waals surface area (Å²) in [5.41, 5.74) is 5.96. The highest BCUT2D eigenvalue weighted by Crippen LogP contribution is 2.44. The van der Waals surface area contributed by atoms with Crippen LogP contribution in [-0.4, -0.2) is 10.9 Å². The summed E-state index contributed by atoms with van der Waals surface area (Å²) in [7, 11) is 0. The van der Waals surface area contributed by atoms with E-state index >= 15 is 0 Å². The number of amides is 1. The number of carbonyl (C=O) groups excluding carboxylic acids is 1. The molecular weight excluding hydrogens is 184 g/mol. The Morgan fingerprint density at radius 1 is 1.69 bits per heavy atom. The van der Waals surface area contributed by atoms with Gasteiger partial charge in [0, 0.05) is 11.1 Å². The summed E-state index contributed by atoms with van der Waals surface area (Å²) in [6.45, 7) is 1.94. The first kappa shape index (κ1) is 8.69. The van der Waals surface area contributed by atoms with Crippen LogP contribution in [0.25, 0.3) is 0 Å². The minimum absolute atomic E-state index is 0.215. The van der Waals surface area contributed by atoms with Gasteiger partial charge in [-0.2, -0.15) is 0 Å². The molecule has 2 N–H and O–H groups in total. The lowest BCUT2D eigenvalue weighted by Crippen LogP contribution is -2.46. The Kier molecular flexibility index (Phi) is 1.87. The summed E-state index contributed by atoms with van der Waals surface area (Å²) >= 11 is 1.55. The molecule has 2 rings (SSSR count). The van der Waals surface area contributed by atoms with Crippen LogP contribution in [0.5, 0.6) is 0 Å². The molecule has 1 aliphatic carbocycles. The molecule has 0 spiro atoms. The second kappa shape index (κ2) is 2.80. The summed E-state index contributed by atoms with van der Waals surface area (Å²) in [6, 6.07) is 0. The van der Waals surface area contributed by atoms with Crippen molar-refractivity contribution in [3.63, 3.8) is 0 Å². The fourth-order valence-corrected chi connectivity index (χ4v) is 2.73. The SMILES string of the molecule is Cc1csc(C2(C(N)=O)CCC2)n1. The zero-order valence-electron chi connectivity index (χ0n) is 7.54. The average Bonchev–Trinajstić information content (AvgIpc) is 2.32. The third-order valence-corrected chi connectivity index (χ3v) is 3.87. The van der Waals surface area contributed by atoms with E-state index in [1.807, 2.05) is 12.3 Å². The minimum atomic E-state index is -0.418. The number of hydrogen-bond donors (Lipinski definition) is 1. The second-order valence-corrected chi connectivity index (χ2v) is 4.45. The molecule has 0 saturated heterocycles. The molecule has 1 aliphatic rings. The van der Waals surface area contributed by atoms with Crippen LogP contribution in [0.4, 0.5) is 0 Å². The van der Waals surface area contributed by atoms with Gasteiger partial charge in [-0.05, 0) is 19.8 Å². The molecule has 1 heterocycles. The van der Waals surface area contributed by atoms with Gasteiger partial charge < -0.3 is 5.73 Å². The number of hydrogen-bond acceptors (Lipinski definition) is 3. The van der Waals surface area contributed by atoms with Gasteiger partial charge in [0.05, 0.1) is 0 Å². The van der Waals surface area contributed by atoms with Gasteiger partial charge in [0.15, 0.2) is 0 Å². The molecular formula is C9H12N2OS. The molecule has 1 aromatic heterocycles. The number of nitrogens with zero attached hydrogens (tertiary/aromatic N) is 1. The van der Waals surface area contributed by atoms with Crippen LogP contribution < -0.4 is 5.73 Å². The van der Waals surface area contributed by atoms with Gasteiger partial charge in [-0.1, -0.05) is 6.42 Å². The molecule has 70 valence electrons. The molecule has 0 radical (unpaired) electrons. The minimum Gasteiger partial charge on any atom is -0.369 e. The lowest BCUT2D eigenvalue weighted by Gasteiger charge is -2.36. The molecule has 0 aromatic carbocycles. The highest BCUT2D eigenvalue weighted by atomic mass is 32.1. The van der Waals surface area contributed by atoms with Crippen LogP contribution in [0, 0.1) is 6.92 Å². The maximum Gasteiger partial charge on any atom is 0.230 e. The number of carbonyl (C=O) groups is 1. The molecule has 0 atom stereocenters. The number of thiazole rings is 1. The Hall–Kier alpha value is -0.900. The molecule has 1 saturated carbocycles. The zero-order chi connectivity index (χ0) is 9.47. The van der Waals surface area contributed by atoms with E-state index in [-0.39, 0.29) is 5.91 Å². The Balaban J connectivity index is 2.37. The van der Waals surface area contributed by atoms with Crippen molar-refractivity contribution >= 4 is 17.2 Å². The van der Waals surface area contributed by atoms with E-state index in [2.05, 4.69) is 4.98 Å². The van der Waals surface area contributed by atoms with Crippen molar-refractivity contribution < 1.29 is 4.79 Å². The summed E-state index contributed by atoms with van der Waals surface area (Å²) < 4.78 is 0. The third-order valence-electron chi connectivity index (χ3n) is 2.71. The highest BCUT2D eigenvalue weighted by Gasteiger charge is 2.46. The fourth-order valence-electron chi connectivity index (χ4n) is 1.67.